The summed E-state index contributed by atoms with van der Waals surface area (Å²) in [6.45, 7) is 1.36. The second kappa shape index (κ2) is 5.54. The maximum absolute atomic E-state index is 5.71. The zero-order valence-corrected chi connectivity index (χ0v) is 14.1. The molecule has 1 aliphatic rings. The lowest BCUT2D eigenvalue weighted by atomic mass is 10.2. The molecule has 0 saturated carbocycles. The summed E-state index contributed by atoms with van der Waals surface area (Å²) in [7, 11) is 0. The van der Waals surface area contributed by atoms with Crippen LogP contribution in [-0.2, 0) is 3.07 Å². The third-order valence-electron chi connectivity index (χ3n) is 2.16. The molecule has 1 heterocycles. The fourth-order valence-electron chi connectivity index (χ4n) is 1.41. The summed E-state index contributed by atoms with van der Waals surface area (Å²) in [5, 5.41) is 0. The zero-order valence-electron chi connectivity index (χ0n) is 7.62. The Morgan fingerprint density at radius 2 is 2.33 bits per heavy atom. The molecule has 0 fully saturated rings. The molecular weight excluding hydrogens is 535 g/mol. The normalized spacial score (nSPS) is 19.7. The Hall–Kier alpha value is 0.970. The zero-order chi connectivity index (χ0) is 10.8. The summed E-state index contributed by atoms with van der Waals surface area (Å²) in [5.74, 6) is 0.959. The van der Waals surface area contributed by atoms with Gasteiger partial charge >= 0.3 is 0 Å². The standard InChI is InChI=1S/C9H8I3NO2/c10-6-1-2-8-9(3-6)14-4-7(5-15-12)13(8)11/h1-3,7H,4-5H2. The first-order valence-corrected chi connectivity index (χ1v) is 7.25. The van der Waals surface area contributed by atoms with Crippen LogP contribution in [0.5, 0.6) is 5.75 Å². The molecular formula is C9H8I3NO2. The first kappa shape index (κ1) is 12.4. The Kier molecular flexibility index (Phi) is 4.59. The highest BCUT2D eigenvalue weighted by Gasteiger charge is 2.26. The van der Waals surface area contributed by atoms with Crippen molar-refractivity contribution in [1.29, 1.82) is 0 Å². The van der Waals surface area contributed by atoms with E-state index in [1.807, 2.05) is 23.0 Å². The number of nitrogens with zero attached hydrogens (tertiary/aromatic N) is 1. The molecule has 0 spiro atoms. The minimum absolute atomic E-state index is 0.287. The number of hydrogen-bond donors (Lipinski definition) is 0. The van der Waals surface area contributed by atoms with Gasteiger partial charge in [-0.15, -0.1) is 0 Å². The highest BCUT2D eigenvalue weighted by molar-refractivity contribution is 14.1. The highest BCUT2D eigenvalue weighted by Crippen LogP contribution is 2.37. The maximum atomic E-state index is 5.71. The average Bonchev–Trinajstić information content (AvgIpc) is 2.22. The van der Waals surface area contributed by atoms with Gasteiger partial charge in [0.1, 0.15) is 35.4 Å². The van der Waals surface area contributed by atoms with Gasteiger partial charge < -0.3 is 10.9 Å². The molecule has 1 aromatic carbocycles. The van der Waals surface area contributed by atoms with Crippen LogP contribution in [0.3, 0.4) is 0 Å². The Balaban J connectivity index is 2.26. The van der Waals surface area contributed by atoms with E-state index in [0.29, 0.717) is 13.2 Å². The number of hydrogen-bond acceptors (Lipinski definition) is 3. The smallest absolute Gasteiger partial charge is 0.144 e. The first-order valence-electron chi connectivity index (χ1n) is 4.33. The summed E-state index contributed by atoms with van der Waals surface area (Å²) < 4.78 is 14.2. The van der Waals surface area contributed by atoms with Crippen LogP contribution in [0, 0.1) is 3.57 Å². The minimum Gasteiger partial charge on any atom is -0.489 e. The molecule has 0 amide bonds. The molecule has 0 aromatic heterocycles. The summed E-state index contributed by atoms with van der Waals surface area (Å²) in [4.78, 5) is 0. The van der Waals surface area contributed by atoms with Crippen LogP contribution >= 0.6 is 68.5 Å². The number of fused-ring (bicyclic) bond motifs is 1. The van der Waals surface area contributed by atoms with Crippen LogP contribution in [0.4, 0.5) is 5.69 Å². The molecule has 15 heavy (non-hydrogen) atoms. The minimum atomic E-state index is 0.287. The Labute approximate surface area is 130 Å². The maximum Gasteiger partial charge on any atom is 0.144 e. The van der Waals surface area contributed by atoms with Crippen LogP contribution in [-0.4, -0.2) is 19.3 Å². The van der Waals surface area contributed by atoms with E-state index in [2.05, 4.69) is 66.8 Å². The van der Waals surface area contributed by atoms with Crippen molar-refractivity contribution >= 4 is 74.1 Å². The molecule has 3 nitrogen and oxygen atoms in total. The van der Waals surface area contributed by atoms with Crippen LogP contribution < -0.4 is 7.85 Å². The fourth-order valence-corrected chi connectivity index (χ4v) is 3.01. The summed E-state index contributed by atoms with van der Waals surface area (Å²) >= 11 is 6.52. The quantitative estimate of drug-likeness (QED) is 0.421. The molecule has 0 saturated heterocycles. The Morgan fingerprint density at radius 3 is 3.07 bits per heavy atom. The van der Waals surface area contributed by atoms with Gasteiger partial charge in [0, 0.05) is 3.57 Å². The molecule has 6 heteroatoms. The number of anilines is 1. The van der Waals surface area contributed by atoms with Crippen molar-refractivity contribution in [3.05, 3.63) is 21.8 Å². The lowest BCUT2D eigenvalue weighted by Crippen LogP contribution is -2.39. The van der Waals surface area contributed by atoms with E-state index in [1.54, 1.807) is 0 Å². The predicted octanol–water partition coefficient (Wildman–Crippen LogP) is 3.58. The van der Waals surface area contributed by atoms with Gasteiger partial charge in [-0.1, -0.05) is 0 Å². The molecule has 2 rings (SSSR count). The topological polar surface area (TPSA) is 21.7 Å². The van der Waals surface area contributed by atoms with Gasteiger partial charge in [0.2, 0.25) is 0 Å². The molecule has 82 valence electrons. The van der Waals surface area contributed by atoms with Crippen LogP contribution in [0.2, 0.25) is 0 Å². The monoisotopic (exact) mass is 543 g/mol. The molecule has 0 bridgehead atoms. The second-order valence-corrected chi connectivity index (χ2v) is 6.07. The van der Waals surface area contributed by atoms with Gasteiger partial charge in [-0.3, -0.25) is 0 Å². The molecule has 0 aliphatic carbocycles. The van der Waals surface area contributed by atoms with Crippen molar-refractivity contribution in [2.45, 2.75) is 6.04 Å². The predicted molar refractivity (Wildman–Crippen MR) is 84.9 cm³/mol. The van der Waals surface area contributed by atoms with E-state index in [0.717, 1.165) is 11.4 Å². The Morgan fingerprint density at radius 1 is 1.53 bits per heavy atom. The lowest BCUT2D eigenvalue weighted by Gasteiger charge is -2.33. The molecule has 0 N–H and O–H groups in total. The van der Waals surface area contributed by atoms with Gasteiger partial charge in [0.05, 0.1) is 41.2 Å². The van der Waals surface area contributed by atoms with Crippen molar-refractivity contribution in [2.24, 2.45) is 0 Å². The third kappa shape index (κ3) is 2.80. The van der Waals surface area contributed by atoms with Crippen molar-refractivity contribution in [3.63, 3.8) is 0 Å². The van der Waals surface area contributed by atoms with Crippen LogP contribution in [0.15, 0.2) is 18.2 Å². The molecule has 1 aromatic rings. The fraction of sp³-hybridized carbons (Fsp3) is 0.333. The largest absolute Gasteiger partial charge is 0.489 e. The van der Waals surface area contributed by atoms with Crippen molar-refractivity contribution < 1.29 is 7.80 Å². The van der Waals surface area contributed by atoms with E-state index >= 15 is 0 Å². The number of benzene rings is 1. The van der Waals surface area contributed by atoms with E-state index in [-0.39, 0.29) is 6.04 Å². The molecule has 1 unspecified atom stereocenters. The van der Waals surface area contributed by atoms with Gasteiger partial charge in [0.15, 0.2) is 0 Å². The summed E-state index contributed by atoms with van der Waals surface area (Å²) in [6, 6.07) is 6.52. The Bertz CT molecular complexity index is 361. The van der Waals surface area contributed by atoms with E-state index < -0.39 is 0 Å². The summed E-state index contributed by atoms with van der Waals surface area (Å²) in [5.41, 5.74) is 1.13. The molecule has 1 atom stereocenters. The number of ether oxygens (including phenoxy) is 1. The van der Waals surface area contributed by atoms with Crippen LogP contribution in [0.1, 0.15) is 0 Å². The second-order valence-electron chi connectivity index (χ2n) is 3.16. The summed E-state index contributed by atoms with van der Waals surface area (Å²) in [6.07, 6.45) is 0. The molecule has 0 radical (unpaired) electrons. The van der Waals surface area contributed by atoms with Crippen molar-refractivity contribution in [1.82, 2.24) is 0 Å². The number of rotatable bonds is 2. The number of halogens is 3. The van der Waals surface area contributed by atoms with E-state index in [1.165, 1.54) is 3.57 Å². The van der Waals surface area contributed by atoms with Crippen molar-refractivity contribution in [3.8, 4) is 5.75 Å². The van der Waals surface area contributed by atoms with Gasteiger partial charge in [-0.05, 0) is 40.8 Å². The van der Waals surface area contributed by atoms with E-state index in [4.69, 9.17) is 7.80 Å². The van der Waals surface area contributed by atoms with Crippen molar-refractivity contribution in [2.75, 3.05) is 16.3 Å². The van der Waals surface area contributed by atoms with Gasteiger partial charge in [-0.25, -0.2) is 0 Å². The van der Waals surface area contributed by atoms with Gasteiger partial charge in [-0.2, -0.15) is 0 Å². The lowest BCUT2D eigenvalue weighted by molar-refractivity contribution is 0.242. The van der Waals surface area contributed by atoms with E-state index in [9.17, 15) is 0 Å². The first-order chi connectivity index (χ1) is 7.22. The van der Waals surface area contributed by atoms with Crippen LogP contribution in [0.25, 0.3) is 0 Å². The van der Waals surface area contributed by atoms with Gasteiger partial charge in [0.25, 0.3) is 0 Å². The highest BCUT2D eigenvalue weighted by atomic mass is 127. The average molecular weight is 543 g/mol. The molecule has 1 aliphatic heterocycles. The SMILES string of the molecule is IOCC1COc2cc(I)ccc2N1I. The third-order valence-corrected chi connectivity index (χ3v) is 4.50.